The molecule has 4 heterocycles. The van der Waals surface area contributed by atoms with Crippen LogP contribution in [0.25, 0.3) is 5.69 Å². The number of nitrogens with zero attached hydrogens (tertiary/aromatic N) is 5. The minimum Gasteiger partial charge on any atom is -0.493 e. The van der Waals surface area contributed by atoms with Gasteiger partial charge in [-0.25, -0.2) is 4.68 Å². The van der Waals surface area contributed by atoms with E-state index in [-0.39, 0.29) is 23.7 Å². The number of carbonyl (C=O) groups excluding carboxylic acids is 2. The maximum atomic E-state index is 13.6. The number of amides is 2. The van der Waals surface area contributed by atoms with Crippen molar-refractivity contribution in [2.75, 3.05) is 46.4 Å². The molecular weight excluding hydrogens is 584 g/mol. The van der Waals surface area contributed by atoms with Crippen molar-refractivity contribution in [1.29, 1.82) is 0 Å². The van der Waals surface area contributed by atoms with Crippen molar-refractivity contribution in [2.45, 2.75) is 45.6 Å². The molecule has 2 amide bonds. The van der Waals surface area contributed by atoms with Crippen LogP contribution in [-0.4, -0.2) is 83.0 Å². The molecular formula is C35H42N6O5. The Morgan fingerprint density at radius 3 is 2.70 bits per heavy atom. The van der Waals surface area contributed by atoms with Crippen LogP contribution < -0.4 is 14.8 Å². The maximum Gasteiger partial charge on any atom is 0.225 e. The van der Waals surface area contributed by atoms with Crippen molar-refractivity contribution in [2.24, 2.45) is 5.92 Å². The topological polar surface area (TPSA) is 115 Å². The van der Waals surface area contributed by atoms with Crippen molar-refractivity contribution in [1.82, 2.24) is 30.1 Å². The predicted molar refractivity (Wildman–Crippen MR) is 172 cm³/mol. The number of ether oxygens (including phenoxy) is 2. The lowest BCUT2D eigenvalue weighted by atomic mass is 9.88. The van der Waals surface area contributed by atoms with Crippen LogP contribution in [0.15, 0.2) is 65.4 Å². The van der Waals surface area contributed by atoms with E-state index >= 15 is 0 Å². The second-order valence-corrected chi connectivity index (χ2v) is 12.1. The first-order chi connectivity index (χ1) is 22.4. The van der Waals surface area contributed by atoms with E-state index in [0.717, 1.165) is 46.8 Å². The standard InChI is InChI=1S/C35H42N6O5/c1-24-29(25(2)46-38-24)11-13-34(42)40-22-30-27-10-12-32(44-3)33(18-27)45-17-16-39(15-7-14-36-35(43)31(30)23-40)20-26-19-37-41(21-26)28-8-5-4-6-9-28/h4-6,8-10,12,18-19,21,30-31H,7,11,13-17,20,22-23H2,1-3H3,(H,36,43)/t30-,31+/m1/s1. The third-order valence-corrected chi connectivity index (χ3v) is 9.07. The Morgan fingerprint density at radius 2 is 1.91 bits per heavy atom. The van der Waals surface area contributed by atoms with E-state index in [0.29, 0.717) is 63.7 Å². The smallest absolute Gasteiger partial charge is 0.225 e. The number of fused-ring (bicyclic) bond motifs is 4. The molecule has 1 fully saturated rings. The Kier molecular flexibility index (Phi) is 9.68. The fourth-order valence-electron chi connectivity index (χ4n) is 6.52. The monoisotopic (exact) mass is 626 g/mol. The van der Waals surface area contributed by atoms with Gasteiger partial charge in [0.05, 0.1) is 30.6 Å². The number of aromatic nitrogens is 3. The number of rotatable bonds is 7. The van der Waals surface area contributed by atoms with E-state index in [9.17, 15) is 9.59 Å². The summed E-state index contributed by atoms with van der Waals surface area (Å²) in [6.07, 6.45) is 5.63. The number of aryl methyl sites for hydroxylation is 2. The molecule has 0 aliphatic carbocycles. The van der Waals surface area contributed by atoms with Crippen LogP contribution in [0, 0.1) is 19.8 Å². The maximum absolute atomic E-state index is 13.6. The first-order valence-corrected chi connectivity index (χ1v) is 16.0. The van der Waals surface area contributed by atoms with E-state index in [4.69, 9.17) is 14.0 Å². The SMILES string of the molecule is COc1ccc2cc1OCCN(Cc1cnn(-c3ccccc3)c1)CCCNC(=O)[C@H]1CN(C(=O)CCc3c(C)noc3C)C[C@H]21. The summed E-state index contributed by atoms with van der Waals surface area (Å²) in [6, 6.07) is 15.9. The molecule has 6 rings (SSSR count). The van der Waals surface area contributed by atoms with E-state index in [2.05, 4.69) is 26.7 Å². The average molecular weight is 627 g/mol. The Bertz CT molecular complexity index is 1630. The highest BCUT2D eigenvalue weighted by atomic mass is 16.5. The summed E-state index contributed by atoms with van der Waals surface area (Å²) in [4.78, 5) is 31.2. The lowest BCUT2D eigenvalue weighted by molar-refractivity contribution is -0.130. The second kappa shape index (κ2) is 14.2. The number of hydrogen-bond acceptors (Lipinski definition) is 8. The Balaban J connectivity index is 1.16. The summed E-state index contributed by atoms with van der Waals surface area (Å²) in [5, 5.41) is 11.8. The van der Waals surface area contributed by atoms with Crippen molar-refractivity contribution in [3.8, 4) is 17.2 Å². The highest BCUT2D eigenvalue weighted by molar-refractivity contribution is 5.83. The number of para-hydroxylation sites is 1. The first-order valence-electron chi connectivity index (χ1n) is 16.0. The summed E-state index contributed by atoms with van der Waals surface area (Å²) in [6.45, 7) is 7.79. The molecule has 4 aromatic rings. The normalized spacial score (nSPS) is 19.2. The van der Waals surface area contributed by atoms with Crippen molar-refractivity contribution in [3.05, 3.63) is 89.1 Å². The van der Waals surface area contributed by atoms with Gasteiger partial charge < -0.3 is 24.2 Å². The molecule has 1 saturated heterocycles. The summed E-state index contributed by atoms with van der Waals surface area (Å²) >= 11 is 0. The molecule has 0 spiro atoms. The van der Waals surface area contributed by atoms with Crippen LogP contribution >= 0.6 is 0 Å². The predicted octanol–water partition coefficient (Wildman–Crippen LogP) is 4.06. The van der Waals surface area contributed by atoms with Gasteiger partial charge in [0.2, 0.25) is 11.8 Å². The van der Waals surface area contributed by atoms with Crippen molar-refractivity contribution < 1.29 is 23.6 Å². The summed E-state index contributed by atoms with van der Waals surface area (Å²) in [7, 11) is 1.63. The Labute approximate surface area is 269 Å². The number of likely N-dealkylation sites (tertiary alicyclic amines) is 1. The molecule has 0 radical (unpaired) electrons. The van der Waals surface area contributed by atoms with Gasteiger partial charge in [-0.05, 0) is 56.5 Å². The van der Waals surface area contributed by atoms with Crippen LogP contribution in [0.5, 0.6) is 11.5 Å². The van der Waals surface area contributed by atoms with Gasteiger partial charge in [-0.15, -0.1) is 0 Å². The number of carbonyl (C=O) groups is 2. The molecule has 2 aliphatic heterocycles. The van der Waals surface area contributed by atoms with Crippen LogP contribution in [0.4, 0.5) is 0 Å². The molecule has 11 heteroatoms. The zero-order valence-corrected chi connectivity index (χ0v) is 26.8. The van der Waals surface area contributed by atoms with E-state index in [1.807, 2.05) is 78.2 Å². The average Bonchev–Trinajstić information content (AvgIpc) is 3.81. The van der Waals surface area contributed by atoms with Gasteiger partial charge in [-0.1, -0.05) is 29.4 Å². The third kappa shape index (κ3) is 7.09. The van der Waals surface area contributed by atoms with Crippen LogP contribution in [0.1, 0.15) is 46.9 Å². The quantitative estimate of drug-likeness (QED) is 0.327. The van der Waals surface area contributed by atoms with Crippen LogP contribution in [0.2, 0.25) is 0 Å². The first kappa shape index (κ1) is 31.3. The molecule has 1 N–H and O–H groups in total. The fraction of sp³-hybridized carbons (Fsp3) is 0.429. The number of hydrogen-bond donors (Lipinski definition) is 1. The van der Waals surface area contributed by atoms with Crippen LogP contribution in [0.3, 0.4) is 0 Å². The molecule has 46 heavy (non-hydrogen) atoms. The molecule has 11 nitrogen and oxygen atoms in total. The minimum absolute atomic E-state index is 0.0226. The molecule has 0 saturated carbocycles. The molecule has 2 bridgehead atoms. The number of methoxy groups -OCH3 is 1. The minimum atomic E-state index is -0.368. The van der Waals surface area contributed by atoms with Gasteiger partial charge in [0, 0.05) is 68.9 Å². The van der Waals surface area contributed by atoms with Gasteiger partial charge in [0.1, 0.15) is 12.4 Å². The lowest BCUT2D eigenvalue weighted by Gasteiger charge is -2.24. The molecule has 0 unspecified atom stereocenters. The summed E-state index contributed by atoms with van der Waals surface area (Å²) in [5.74, 6) is 1.48. The Hall–Kier alpha value is -4.64. The Morgan fingerprint density at radius 1 is 1.09 bits per heavy atom. The van der Waals surface area contributed by atoms with Gasteiger partial charge in [-0.3, -0.25) is 14.5 Å². The number of nitrogens with one attached hydrogen (secondary N) is 1. The zero-order valence-electron chi connectivity index (χ0n) is 26.8. The molecule has 2 aromatic heterocycles. The molecule has 2 atom stereocenters. The van der Waals surface area contributed by atoms with Gasteiger partial charge in [0.15, 0.2) is 11.5 Å². The number of benzene rings is 2. The van der Waals surface area contributed by atoms with Crippen molar-refractivity contribution >= 4 is 11.8 Å². The molecule has 2 aromatic carbocycles. The van der Waals surface area contributed by atoms with E-state index < -0.39 is 0 Å². The highest BCUT2D eigenvalue weighted by Crippen LogP contribution is 2.38. The van der Waals surface area contributed by atoms with E-state index in [1.165, 1.54) is 0 Å². The van der Waals surface area contributed by atoms with Crippen molar-refractivity contribution in [3.63, 3.8) is 0 Å². The van der Waals surface area contributed by atoms with E-state index in [1.54, 1.807) is 7.11 Å². The highest BCUT2D eigenvalue weighted by Gasteiger charge is 2.40. The molecule has 242 valence electrons. The summed E-state index contributed by atoms with van der Waals surface area (Å²) < 4.78 is 19.1. The fourth-order valence-corrected chi connectivity index (χ4v) is 6.52. The second-order valence-electron chi connectivity index (χ2n) is 12.1. The zero-order chi connectivity index (χ0) is 32.0. The van der Waals surface area contributed by atoms with Gasteiger partial charge in [-0.2, -0.15) is 5.10 Å². The lowest BCUT2D eigenvalue weighted by Crippen LogP contribution is -2.37. The largest absolute Gasteiger partial charge is 0.493 e. The van der Waals surface area contributed by atoms with Gasteiger partial charge >= 0.3 is 0 Å². The molecule has 2 aliphatic rings. The third-order valence-electron chi connectivity index (χ3n) is 9.07. The van der Waals surface area contributed by atoms with Gasteiger partial charge in [0.25, 0.3) is 0 Å². The summed E-state index contributed by atoms with van der Waals surface area (Å²) in [5.41, 5.74) is 4.85. The van der Waals surface area contributed by atoms with Crippen LogP contribution in [-0.2, 0) is 22.6 Å².